The van der Waals surface area contributed by atoms with Gasteiger partial charge in [-0.05, 0) is 12.8 Å². The van der Waals surface area contributed by atoms with Gasteiger partial charge in [0.1, 0.15) is 6.17 Å². The van der Waals surface area contributed by atoms with Crippen LogP contribution in [0.3, 0.4) is 0 Å². The number of piperidine rings is 1. The molecule has 3 rings (SSSR count). The molecule has 1 unspecified atom stereocenters. The Bertz CT molecular complexity index is 904. The molecule has 0 spiro atoms. The molecule has 9 nitrogen and oxygen atoms in total. The van der Waals surface area contributed by atoms with Gasteiger partial charge in [-0.3, -0.25) is 4.79 Å². The lowest BCUT2D eigenvalue weighted by Gasteiger charge is -2.31. The zero-order valence-corrected chi connectivity index (χ0v) is 14.5. The summed E-state index contributed by atoms with van der Waals surface area (Å²) in [7, 11) is 0. The van der Waals surface area contributed by atoms with E-state index >= 15 is 0 Å². The van der Waals surface area contributed by atoms with E-state index in [-0.39, 0.29) is 35.4 Å². The number of nitrogens with two attached hydrogens (primary N) is 2. The monoisotopic (exact) mass is 381 g/mol. The van der Waals surface area contributed by atoms with Crippen molar-refractivity contribution >= 4 is 34.7 Å². The maximum atomic E-state index is 13.7. The van der Waals surface area contributed by atoms with Gasteiger partial charge in [-0.15, -0.1) is 0 Å². The average Bonchev–Trinajstić information content (AvgIpc) is 2.58. The lowest BCUT2D eigenvalue weighted by atomic mass is 10.1. The van der Waals surface area contributed by atoms with Crippen LogP contribution < -0.4 is 22.1 Å². The molecule has 1 fully saturated rings. The molecule has 0 bridgehead atoms. The fraction of sp³-hybridized carbons (Fsp3) is 0.400. The molecular formula is C15H17ClFN7O2. The number of nitrogens with one attached hydrogen (secondary N) is 1. The van der Waals surface area contributed by atoms with Gasteiger partial charge < -0.3 is 21.4 Å². The molecule has 138 valence electrons. The smallest absolute Gasteiger partial charge is 0.345 e. The van der Waals surface area contributed by atoms with Crippen LogP contribution in [0.1, 0.15) is 29.0 Å². The molecule has 0 aliphatic carbocycles. The summed E-state index contributed by atoms with van der Waals surface area (Å²) < 4.78 is 13.7. The van der Waals surface area contributed by atoms with Gasteiger partial charge in [-0.25, -0.2) is 19.2 Å². The number of alkyl halides is 1. The molecule has 3 heterocycles. The van der Waals surface area contributed by atoms with Gasteiger partial charge in [0.2, 0.25) is 0 Å². The largest absolute Gasteiger partial charge is 0.382 e. The van der Waals surface area contributed by atoms with E-state index in [2.05, 4.69) is 19.9 Å². The second-order valence-corrected chi connectivity index (χ2v) is 6.33. The van der Waals surface area contributed by atoms with Gasteiger partial charge in [0.15, 0.2) is 28.3 Å². The molecule has 26 heavy (non-hydrogen) atoms. The molecule has 0 amide bonds. The minimum Gasteiger partial charge on any atom is -0.382 e. The van der Waals surface area contributed by atoms with Gasteiger partial charge in [0.25, 0.3) is 0 Å². The van der Waals surface area contributed by atoms with Crippen LogP contribution in [-0.2, 0) is 6.42 Å². The van der Waals surface area contributed by atoms with E-state index < -0.39 is 17.6 Å². The fourth-order valence-electron chi connectivity index (χ4n) is 2.87. The quantitative estimate of drug-likeness (QED) is 0.658. The third kappa shape index (κ3) is 3.74. The number of ketones is 1. The summed E-state index contributed by atoms with van der Waals surface area (Å²) >= 11 is 5.80. The number of nitrogen functional groups attached to an aromatic ring is 2. The number of hydrogen-bond acceptors (Lipinski definition) is 8. The van der Waals surface area contributed by atoms with Crippen LogP contribution in [0.25, 0.3) is 0 Å². The molecule has 2 aromatic heterocycles. The highest BCUT2D eigenvalue weighted by Gasteiger charge is 2.24. The predicted molar refractivity (Wildman–Crippen MR) is 95.1 cm³/mol. The van der Waals surface area contributed by atoms with Crippen LogP contribution in [0.15, 0.2) is 11.0 Å². The van der Waals surface area contributed by atoms with Crippen LogP contribution in [0, 0.1) is 0 Å². The number of carbonyl (C=O) groups excluding carboxylic acids is 1. The van der Waals surface area contributed by atoms with Gasteiger partial charge in [-0.1, -0.05) is 11.6 Å². The van der Waals surface area contributed by atoms with Crippen LogP contribution in [-0.4, -0.2) is 45.0 Å². The third-order valence-corrected chi connectivity index (χ3v) is 4.36. The number of carbonyl (C=O) groups is 1. The fourth-order valence-corrected chi connectivity index (χ4v) is 2.99. The maximum Gasteiger partial charge on any atom is 0.345 e. The van der Waals surface area contributed by atoms with Crippen molar-refractivity contribution in [1.82, 2.24) is 19.9 Å². The Hall–Kier alpha value is -2.75. The second kappa shape index (κ2) is 7.24. The summed E-state index contributed by atoms with van der Waals surface area (Å²) in [5, 5.41) is -0.137. The molecule has 5 N–H and O–H groups in total. The van der Waals surface area contributed by atoms with Crippen molar-refractivity contribution in [3.8, 4) is 0 Å². The first-order chi connectivity index (χ1) is 12.3. The lowest BCUT2D eigenvalue weighted by Crippen LogP contribution is -2.38. The van der Waals surface area contributed by atoms with Crippen LogP contribution in [0.4, 0.5) is 21.7 Å². The first-order valence-electron chi connectivity index (χ1n) is 7.94. The first-order valence-corrected chi connectivity index (χ1v) is 8.32. The summed E-state index contributed by atoms with van der Waals surface area (Å²) in [6.07, 6.45) is 1.29. The number of hydrogen-bond donors (Lipinski definition) is 3. The molecule has 1 aliphatic heterocycles. The summed E-state index contributed by atoms with van der Waals surface area (Å²) in [6, 6.07) is 0. The Morgan fingerprint density at radius 3 is 2.88 bits per heavy atom. The summed E-state index contributed by atoms with van der Waals surface area (Å²) in [6.45, 7) is 0.773. The molecule has 0 saturated carbocycles. The Kier molecular flexibility index (Phi) is 5.03. The number of anilines is 3. The van der Waals surface area contributed by atoms with Gasteiger partial charge in [-0.2, -0.15) is 4.98 Å². The van der Waals surface area contributed by atoms with Crippen LogP contribution in [0.5, 0.6) is 0 Å². The Labute approximate surface area is 152 Å². The topological polar surface area (TPSA) is 144 Å². The number of Topliss-reactive ketones (excluding diaryl/α,β-unsaturated/α-hetero) is 1. The minimum absolute atomic E-state index is 0.0824. The normalized spacial score (nSPS) is 17.3. The number of aromatic nitrogens is 4. The second-order valence-electron chi connectivity index (χ2n) is 5.97. The third-order valence-electron chi connectivity index (χ3n) is 4.08. The van der Waals surface area contributed by atoms with Crippen molar-refractivity contribution in [3.63, 3.8) is 0 Å². The number of rotatable bonds is 4. The van der Waals surface area contributed by atoms with Crippen molar-refractivity contribution in [1.29, 1.82) is 0 Å². The molecule has 1 atom stereocenters. The summed E-state index contributed by atoms with van der Waals surface area (Å²) in [4.78, 5) is 39.8. The number of nitrogens with zero attached hydrogens (tertiary/aromatic N) is 4. The standard InChI is InChI=1S/C15H17ClFN7O2/c16-12-14(19)23-13(18)11(22-12)10(25)4-8-9(5-20-15(26)21-8)24-3-1-2-7(17)6-24/h5,7H,1-4,6H2,(H4,18,19,23)(H,20,21,26). The van der Waals surface area contributed by atoms with E-state index in [4.69, 9.17) is 23.1 Å². The van der Waals surface area contributed by atoms with Crippen LogP contribution >= 0.6 is 11.6 Å². The van der Waals surface area contributed by atoms with E-state index in [1.807, 2.05) is 0 Å². The molecule has 2 aromatic rings. The number of H-pyrrole nitrogens is 1. The first kappa shape index (κ1) is 18.1. The van der Waals surface area contributed by atoms with E-state index in [1.165, 1.54) is 6.20 Å². The predicted octanol–water partition coefficient (Wildman–Crippen LogP) is 0.741. The van der Waals surface area contributed by atoms with Crippen molar-refractivity contribution in [2.24, 2.45) is 0 Å². The van der Waals surface area contributed by atoms with Gasteiger partial charge in [0.05, 0.1) is 24.0 Å². The van der Waals surface area contributed by atoms with Crippen molar-refractivity contribution in [2.75, 3.05) is 29.5 Å². The molecule has 1 saturated heterocycles. The lowest BCUT2D eigenvalue weighted by molar-refractivity contribution is 0.0988. The van der Waals surface area contributed by atoms with Gasteiger partial charge in [0, 0.05) is 13.1 Å². The van der Waals surface area contributed by atoms with Crippen molar-refractivity contribution in [2.45, 2.75) is 25.4 Å². The van der Waals surface area contributed by atoms with Gasteiger partial charge >= 0.3 is 5.69 Å². The minimum atomic E-state index is -0.975. The average molecular weight is 382 g/mol. The Morgan fingerprint density at radius 1 is 1.38 bits per heavy atom. The van der Waals surface area contributed by atoms with E-state index in [1.54, 1.807) is 4.90 Å². The van der Waals surface area contributed by atoms with Crippen LogP contribution in [0.2, 0.25) is 5.15 Å². The Balaban J connectivity index is 1.92. The highest BCUT2D eigenvalue weighted by Crippen LogP contribution is 2.25. The SMILES string of the molecule is Nc1nc(N)c(C(=O)Cc2[nH]c(=O)ncc2N2CCCC(F)C2)nc1Cl. The molecular weight excluding hydrogens is 365 g/mol. The highest BCUT2D eigenvalue weighted by molar-refractivity contribution is 6.31. The molecule has 1 aliphatic rings. The maximum absolute atomic E-state index is 13.7. The van der Waals surface area contributed by atoms with Crippen molar-refractivity contribution < 1.29 is 9.18 Å². The molecule has 11 heteroatoms. The van der Waals surface area contributed by atoms with E-state index in [9.17, 15) is 14.0 Å². The Morgan fingerprint density at radius 2 is 2.15 bits per heavy atom. The summed E-state index contributed by atoms with van der Waals surface area (Å²) in [5.74, 6) is -0.744. The number of aromatic amines is 1. The highest BCUT2D eigenvalue weighted by atomic mass is 35.5. The zero-order chi connectivity index (χ0) is 18.8. The van der Waals surface area contributed by atoms with E-state index in [0.29, 0.717) is 30.8 Å². The number of halogens is 2. The zero-order valence-electron chi connectivity index (χ0n) is 13.7. The van der Waals surface area contributed by atoms with E-state index in [0.717, 1.165) is 0 Å². The molecule has 0 radical (unpaired) electrons. The summed E-state index contributed by atoms with van der Waals surface area (Å²) in [5.41, 5.74) is 11.2. The molecule has 0 aromatic carbocycles. The van der Waals surface area contributed by atoms with Crippen molar-refractivity contribution in [3.05, 3.63) is 33.2 Å².